The molecule has 0 saturated carbocycles. The molecule has 6 heteroatoms. The first-order valence-corrected chi connectivity index (χ1v) is 5.86. The van der Waals surface area contributed by atoms with Crippen LogP contribution in [0.25, 0.3) is 0 Å². The first kappa shape index (κ1) is 13.2. The molecule has 2 aromatic rings. The van der Waals surface area contributed by atoms with Crippen LogP contribution >= 0.6 is 11.6 Å². The number of rotatable bonds is 4. The number of nitro benzene ring substituents is 1. The summed E-state index contributed by atoms with van der Waals surface area (Å²) in [6.07, 6.45) is 0. The third-order valence-electron chi connectivity index (χ3n) is 2.56. The van der Waals surface area contributed by atoms with Crippen molar-refractivity contribution in [1.29, 1.82) is 0 Å². The zero-order valence-electron chi connectivity index (χ0n) is 9.88. The monoisotopic (exact) mass is 278 g/mol. The number of nitro groups is 1. The second-order valence-corrected chi connectivity index (χ2v) is 4.27. The molecule has 0 heterocycles. The molecule has 0 spiro atoms. The Morgan fingerprint density at radius 1 is 1.26 bits per heavy atom. The fourth-order valence-electron chi connectivity index (χ4n) is 1.55. The molecule has 0 saturated heterocycles. The molecule has 0 atom stereocenters. The van der Waals surface area contributed by atoms with Crippen LogP contribution in [0.4, 0.5) is 11.4 Å². The second-order valence-electron chi connectivity index (χ2n) is 3.86. The Kier molecular flexibility index (Phi) is 3.87. The van der Waals surface area contributed by atoms with Gasteiger partial charge in [0.05, 0.1) is 9.95 Å². The first-order chi connectivity index (χ1) is 9.08. The number of para-hydroxylation sites is 1. The molecule has 98 valence electrons. The molecule has 0 amide bonds. The highest BCUT2D eigenvalue weighted by atomic mass is 35.5. The van der Waals surface area contributed by atoms with E-state index < -0.39 is 4.92 Å². The highest BCUT2D eigenvalue weighted by molar-refractivity contribution is 6.32. The van der Waals surface area contributed by atoms with Crippen molar-refractivity contribution in [2.24, 2.45) is 0 Å². The predicted molar refractivity (Wildman–Crippen MR) is 73.3 cm³/mol. The average molecular weight is 279 g/mol. The first-order valence-electron chi connectivity index (χ1n) is 5.48. The van der Waals surface area contributed by atoms with Gasteiger partial charge in [0.15, 0.2) is 0 Å². The van der Waals surface area contributed by atoms with Crippen LogP contribution in [-0.4, -0.2) is 4.92 Å². The summed E-state index contributed by atoms with van der Waals surface area (Å²) in [4.78, 5) is 10.2. The highest BCUT2D eigenvalue weighted by Gasteiger charge is 2.10. The lowest BCUT2D eigenvalue weighted by atomic mass is 10.1. The van der Waals surface area contributed by atoms with Crippen molar-refractivity contribution < 1.29 is 9.66 Å². The van der Waals surface area contributed by atoms with Crippen LogP contribution < -0.4 is 10.5 Å². The number of benzene rings is 2. The van der Waals surface area contributed by atoms with Crippen LogP contribution in [0.3, 0.4) is 0 Å². The Hall–Kier alpha value is -2.27. The number of non-ortho nitro benzene ring substituents is 1. The van der Waals surface area contributed by atoms with Crippen molar-refractivity contribution in [2.75, 3.05) is 5.73 Å². The van der Waals surface area contributed by atoms with Gasteiger partial charge in [-0.25, -0.2) is 0 Å². The van der Waals surface area contributed by atoms with Gasteiger partial charge in [-0.15, -0.1) is 0 Å². The van der Waals surface area contributed by atoms with Crippen molar-refractivity contribution in [3.8, 4) is 5.75 Å². The second kappa shape index (κ2) is 5.58. The quantitative estimate of drug-likeness (QED) is 0.528. The van der Waals surface area contributed by atoms with E-state index in [2.05, 4.69) is 0 Å². The molecule has 0 radical (unpaired) electrons. The maximum Gasteiger partial charge on any atom is 0.269 e. The number of nitrogens with zero attached hydrogens (tertiary/aromatic N) is 1. The Balaban J connectivity index is 2.17. The summed E-state index contributed by atoms with van der Waals surface area (Å²) in [5.41, 5.74) is 6.73. The van der Waals surface area contributed by atoms with E-state index in [4.69, 9.17) is 22.1 Å². The molecule has 2 N–H and O–H groups in total. The summed E-state index contributed by atoms with van der Waals surface area (Å²) < 4.78 is 5.50. The number of nitrogen functional groups attached to an aromatic ring is 1. The fraction of sp³-hybridized carbons (Fsp3) is 0.0769. The third kappa shape index (κ3) is 3.14. The highest BCUT2D eigenvalue weighted by Crippen LogP contribution is 2.26. The van der Waals surface area contributed by atoms with Gasteiger partial charge < -0.3 is 10.5 Å². The SMILES string of the molecule is Nc1ccc([N+](=O)[O-])cc1COc1ccccc1Cl. The van der Waals surface area contributed by atoms with E-state index in [0.717, 1.165) is 0 Å². The molecule has 0 aromatic heterocycles. The van der Waals surface area contributed by atoms with Crippen LogP contribution in [-0.2, 0) is 6.61 Å². The number of hydrogen-bond donors (Lipinski definition) is 1. The number of ether oxygens (including phenoxy) is 1. The number of nitrogens with two attached hydrogens (primary N) is 1. The Labute approximate surface area is 114 Å². The van der Waals surface area contributed by atoms with Crippen molar-refractivity contribution in [2.45, 2.75) is 6.61 Å². The van der Waals surface area contributed by atoms with E-state index in [1.54, 1.807) is 24.3 Å². The van der Waals surface area contributed by atoms with Gasteiger partial charge in [0.25, 0.3) is 5.69 Å². The normalized spacial score (nSPS) is 10.2. The lowest BCUT2D eigenvalue weighted by Crippen LogP contribution is -2.01. The molecule has 2 aromatic carbocycles. The molecule has 0 aliphatic heterocycles. The van der Waals surface area contributed by atoms with Crippen LogP contribution in [0.5, 0.6) is 5.75 Å². The molecular weight excluding hydrogens is 268 g/mol. The van der Waals surface area contributed by atoms with Crippen LogP contribution in [0.2, 0.25) is 5.02 Å². The number of halogens is 1. The van der Waals surface area contributed by atoms with Gasteiger partial charge in [0.2, 0.25) is 0 Å². The Bertz CT molecular complexity index is 617. The van der Waals surface area contributed by atoms with Crippen molar-refractivity contribution in [3.63, 3.8) is 0 Å². The van der Waals surface area contributed by atoms with Gasteiger partial charge in [-0.3, -0.25) is 10.1 Å². The molecule has 5 nitrogen and oxygen atoms in total. The Morgan fingerprint density at radius 3 is 2.68 bits per heavy atom. The summed E-state index contributed by atoms with van der Waals surface area (Å²) in [6, 6.07) is 11.2. The lowest BCUT2D eigenvalue weighted by Gasteiger charge is -2.09. The lowest BCUT2D eigenvalue weighted by molar-refractivity contribution is -0.384. The molecule has 0 fully saturated rings. The molecule has 0 unspecified atom stereocenters. The Morgan fingerprint density at radius 2 is 2.00 bits per heavy atom. The van der Waals surface area contributed by atoms with Crippen LogP contribution in [0, 0.1) is 10.1 Å². The summed E-state index contributed by atoms with van der Waals surface area (Å²) in [5.74, 6) is 0.509. The zero-order chi connectivity index (χ0) is 13.8. The van der Waals surface area contributed by atoms with Gasteiger partial charge in [-0.05, 0) is 18.2 Å². The van der Waals surface area contributed by atoms with Crippen LogP contribution in [0.15, 0.2) is 42.5 Å². The minimum absolute atomic E-state index is 0.0213. The van der Waals surface area contributed by atoms with Gasteiger partial charge in [0.1, 0.15) is 12.4 Å². The van der Waals surface area contributed by atoms with E-state index in [1.165, 1.54) is 18.2 Å². The minimum atomic E-state index is -0.474. The number of anilines is 1. The summed E-state index contributed by atoms with van der Waals surface area (Å²) in [5, 5.41) is 11.2. The predicted octanol–water partition coefficient (Wildman–Crippen LogP) is 3.41. The van der Waals surface area contributed by atoms with E-state index in [0.29, 0.717) is 22.0 Å². The minimum Gasteiger partial charge on any atom is -0.487 e. The largest absolute Gasteiger partial charge is 0.487 e. The van der Waals surface area contributed by atoms with Gasteiger partial charge in [-0.2, -0.15) is 0 Å². The third-order valence-corrected chi connectivity index (χ3v) is 2.87. The van der Waals surface area contributed by atoms with Crippen molar-refractivity contribution in [1.82, 2.24) is 0 Å². The van der Waals surface area contributed by atoms with E-state index in [9.17, 15) is 10.1 Å². The molecule has 2 rings (SSSR count). The molecular formula is C13H11ClN2O3. The topological polar surface area (TPSA) is 78.4 Å². The standard InChI is InChI=1S/C13H11ClN2O3/c14-11-3-1-2-4-13(11)19-8-9-7-10(16(17)18)5-6-12(9)15/h1-7H,8,15H2. The zero-order valence-corrected chi connectivity index (χ0v) is 10.6. The van der Waals surface area contributed by atoms with Crippen LogP contribution in [0.1, 0.15) is 5.56 Å². The van der Waals surface area contributed by atoms with Crippen molar-refractivity contribution in [3.05, 3.63) is 63.2 Å². The smallest absolute Gasteiger partial charge is 0.269 e. The molecule has 0 aliphatic carbocycles. The summed E-state index contributed by atoms with van der Waals surface area (Å²) in [7, 11) is 0. The molecule has 0 bridgehead atoms. The number of hydrogen-bond acceptors (Lipinski definition) is 4. The molecule has 0 aliphatic rings. The summed E-state index contributed by atoms with van der Waals surface area (Å²) >= 11 is 5.95. The fourth-order valence-corrected chi connectivity index (χ4v) is 1.74. The van der Waals surface area contributed by atoms with Gasteiger partial charge in [0, 0.05) is 23.4 Å². The maximum absolute atomic E-state index is 10.7. The maximum atomic E-state index is 10.7. The molecule has 19 heavy (non-hydrogen) atoms. The van der Waals surface area contributed by atoms with Crippen molar-refractivity contribution >= 4 is 23.0 Å². The van der Waals surface area contributed by atoms with E-state index >= 15 is 0 Å². The van der Waals surface area contributed by atoms with Gasteiger partial charge >= 0.3 is 0 Å². The van der Waals surface area contributed by atoms with Gasteiger partial charge in [-0.1, -0.05) is 23.7 Å². The van der Waals surface area contributed by atoms with E-state index in [1.807, 2.05) is 0 Å². The average Bonchev–Trinajstić information content (AvgIpc) is 2.39. The van der Waals surface area contributed by atoms with E-state index in [-0.39, 0.29) is 12.3 Å². The summed E-state index contributed by atoms with van der Waals surface area (Å²) in [6.45, 7) is 0.122.